The second-order valence-corrected chi connectivity index (χ2v) is 6.74. The maximum absolute atomic E-state index is 3.89. The normalized spacial score (nSPS) is 18.9. The molecule has 1 heteroatoms. The molecule has 0 saturated heterocycles. The first-order chi connectivity index (χ1) is 10.3. The Kier molecular flexibility index (Phi) is 3.11. The van der Waals surface area contributed by atoms with E-state index in [4.69, 9.17) is 0 Å². The first-order valence-electron chi connectivity index (χ1n) is 8.20. The van der Waals surface area contributed by atoms with Crippen molar-refractivity contribution in [2.75, 3.05) is 6.54 Å². The van der Waals surface area contributed by atoms with Gasteiger partial charge in [-0.05, 0) is 53.4 Å². The van der Waals surface area contributed by atoms with Crippen molar-refractivity contribution in [1.82, 2.24) is 5.32 Å². The van der Waals surface area contributed by atoms with Crippen molar-refractivity contribution in [2.24, 2.45) is 5.41 Å². The summed E-state index contributed by atoms with van der Waals surface area (Å²) in [5.41, 5.74) is 6.50. The van der Waals surface area contributed by atoms with Gasteiger partial charge in [0.05, 0.1) is 6.04 Å². The second kappa shape index (κ2) is 4.99. The van der Waals surface area contributed by atoms with Crippen LogP contribution in [0.25, 0.3) is 0 Å². The van der Waals surface area contributed by atoms with E-state index in [1.807, 2.05) is 0 Å². The van der Waals surface area contributed by atoms with Crippen molar-refractivity contribution in [1.29, 1.82) is 0 Å². The zero-order valence-electron chi connectivity index (χ0n) is 12.7. The predicted octanol–water partition coefficient (Wildman–Crippen LogP) is 4.46. The molecule has 0 atom stereocenters. The molecule has 0 spiro atoms. The largest absolute Gasteiger partial charge is 0.306 e. The van der Waals surface area contributed by atoms with Crippen LogP contribution in [-0.2, 0) is 6.42 Å². The first kappa shape index (κ1) is 13.1. The van der Waals surface area contributed by atoms with E-state index < -0.39 is 0 Å². The van der Waals surface area contributed by atoms with Crippen molar-refractivity contribution >= 4 is 0 Å². The fourth-order valence-electron chi connectivity index (χ4n) is 3.70. The maximum Gasteiger partial charge on any atom is 0.0582 e. The molecular formula is C20H23N. The summed E-state index contributed by atoms with van der Waals surface area (Å²) in [4.78, 5) is 0. The highest BCUT2D eigenvalue weighted by Gasteiger charge is 2.41. The maximum atomic E-state index is 3.89. The molecule has 1 N–H and O–H groups in total. The zero-order valence-corrected chi connectivity index (χ0v) is 12.7. The SMILES string of the molecule is CCC1(CNC2c3ccccc3Cc3ccccc32)CC1. The molecule has 1 saturated carbocycles. The molecular weight excluding hydrogens is 254 g/mol. The highest BCUT2D eigenvalue weighted by molar-refractivity contribution is 5.48. The molecule has 2 aliphatic rings. The summed E-state index contributed by atoms with van der Waals surface area (Å²) in [7, 11) is 0. The molecule has 0 bridgehead atoms. The second-order valence-electron chi connectivity index (χ2n) is 6.74. The van der Waals surface area contributed by atoms with Crippen LogP contribution in [0.2, 0.25) is 0 Å². The molecule has 0 heterocycles. The van der Waals surface area contributed by atoms with Gasteiger partial charge in [0.2, 0.25) is 0 Å². The minimum atomic E-state index is 0.371. The lowest BCUT2D eigenvalue weighted by molar-refractivity contribution is 0.421. The van der Waals surface area contributed by atoms with E-state index in [2.05, 4.69) is 60.8 Å². The van der Waals surface area contributed by atoms with Crippen LogP contribution in [0.5, 0.6) is 0 Å². The summed E-state index contributed by atoms with van der Waals surface area (Å²) >= 11 is 0. The van der Waals surface area contributed by atoms with Gasteiger partial charge in [-0.15, -0.1) is 0 Å². The molecule has 108 valence electrons. The summed E-state index contributed by atoms with van der Waals surface area (Å²) in [5, 5.41) is 3.89. The topological polar surface area (TPSA) is 12.0 Å². The Balaban J connectivity index is 1.68. The van der Waals surface area contributed by atoms with Crippen LogP contribution in [0.15, 0.2) is 48.5 Å². The average Bonchev–Trinajstić information content (AvgIpc) is 3.32. The third-order valence-corrected chi connectivity index (χ3v) is 5.50. The smallest absolute Gasteiger partial charge is 0.0582 e. The number of nitrogens with one attached hydrogen (secondary N) is 1. The van der Waals surface area contributed by atoms with E-state index in [1.165, 1.54) is 41.5 Å². The Labute approximate surface area is 127 Å². The highest BCUT2D eigenvalue weighted by atomic mass is 14.9. The lowest BCUT2D eigenvalue weighted by Crippen LogP contribution is -2.31. The Hall–Kier alpha value is -1.60. The molecule has 0 unspecified atom stereocenters. The van der Waals surface area contributed by atoms with Crippen LogP contribution in [0.1, 0.15) is 54.5 Å². The molecule has 1 nitrogen and oxygen atoms in total. The summed E-state index contributed by atoms with van der Waals surface area (Å²) in [6, 6.07) is 18.2. The van der Waals surface area contributed by atoms with Crippen LogP contribution in [0.4, 0.5) is 0 Å². The van der Waals surface area contributed by atoms with Crippen LogP contribution < -0.4 is 5.32 Å². The fraction of sp³-hybridized carbons (Fsp3) is 0.400. The third kappa shape index (κ3) is 2.30. The Bertz CT molecular complexity index is 609. The quantitative estimate of drug-likeness (QED) is 0.870. The number of rotatable bonds is 4. The minimum absolute atomic E-state index is 0.371. The van der Waals surface area contributed by atoms with Gasteiger partial charge in [-0.25, -0.2) is 0 Å². The molecule has 1 fully saturated rings. The first-order valence-corrected chi connectivity index (χ1v) is 8.20. The molecule has 4 rings (SSSR count). The Morgan fingerprint density at radius 2 is 1.52 bits per heavy atom. The van der Waals surface area contributed by atoms with Crippen LogP contribution in [-0.4, -0.2) is 6.54 Å². The Morgan fingerprint density at radius 3 is 2.05 bits per heavy atom. The summed E-state index contributed by atoms with van der Waals surface area (Å²) in [6.45, 7) is 3.48. The number of hydrogen-bond donors (Lipinski definition) is 1. The van der Waals surface area contributed by atoms with Gasteiger partial charge in [-0.3, -0.25) is 0 Å². The van der Waals surface area contributed by atoms with E-state index >= 15 is 0 Å². The van der Waals surface area contributed by atoms with E-state index in [0.717, 1.165) is 13.0 Å². The summed E-state index contributed by atoms with van der Waals surface area (Å²) in [5.74, 6) is 0. The van der Waals surface area contributed by atoms with Crippen molar-refractivity contribution in [3.8, 4) is 0 Å². The monoisotopic (exact) mass is 277 g/mol. The average molecular weight is 277 g/mol. The van der Waals surface area contributed by atoms with Gasteiger partial charge in [0.15, 0.2) is 0 Å². The molecule has 0 aliphatic heterocycles. The number of hydrogen-bond acceptors (Lipinski definition) is 1. The van der Waals surface area contributed by atoms with Gasteiger partial charge in [0.25, 0.3) is 0 Å². The highest BCUT2D eigenvalue weighted by Crippen LogP contribution is 2.48. The van der Waals surface area contributed by atoms with Gasteiger partial charge in [-0.1, -0.05) is 55.5 Å². The molecule has 2 aromatic carbocycles. The van der Waals surface area contributed by atoms with Gasteiger partial charge in [-0.2, -0.15) is 0 Å². The molecule has 21 heavy (non-hydrogen) atoms. The van der Waals surface area contributed by atoms with Crippen molar-refractivity contribution < 1.29 is 0 Å². The Morgan fingerprint density at radius 1 is 0.952 bits per heavy atom. The standard InChI is InChI=1S/C20H23N/c1-2-20(11-12-20)14-21-19-17-9-5-3-7-15(17)13-16-8-4-6-10-18(16)19/h3-10,19,21H,2,11-14H2,1H3. The van der Waals surface area contributed by atoms with Gasteiger partial charge in [0.1, 0.15) is 0 Å². The predicted molar refractivity (Wildman–Crippen MR) is 87.5 cm³/mol. The molecule has 2 aromatic rings. The van der Waals surface area contributed by atoms with E-state index in [0.29, 0.717) is 11.5 Å². The van der Waals surface area contributed by atoms with Crippen molar-refractivity contribution in [3.63, 3.8) is 0 Å². The van der Waals surface area contributed by atoms with E-state index in [1.54, 1.807) is 0 Å². The fourth-order valence-corrected chi connectivity index (χ4v) is 3.70. The van der Waals surface area contributed by atoms with Crippen LogP contribution in [0, 0.1) is 5.41 Å². The van der Waals surface area contributed by atoms with E-state index in [9.17, 15) is 0 Å². The third-order valence-electron chi connectivity index (χ3n) is 5.50. The summed E-state index contributed by atoms with van der Waals surface area (Å²) in [6.07, 6.45) is 5.17. The number of fused-ring (bicyclic) bond motifs is 2. The van der Waals surface area contributed by atoms with Gasteiger partial charge in [0, 0.05) is 6.54 Å². The minimum Gasteiger partial charge on any atom is -0.306 e. The molecule has 2 aliphatic carbocycles. The zero-order chi connectivity index (χ0) is 14.3. The molecule has 0 aromatic heterocycles. The lowest BCUT2D eigenvalue weighted by atomic mass is 9.82. The van der Waals surface area contributed by atoms with Gasteiger partial charge >= 0.3 is 0 Å². The molecule has 0 radical (unpaired) electrons. The van der Waals surface area contributed by atoms with Crippen LogP contribution in [0.3, 0.4) is 0 Å². The summed E-state index contributed by atoms with van der Waals surface area (Å²) < 4.78 is 0. The van der Waals surface area contributed by atoms with Crippen LogP contribution >= 0.6 is 0 Å². The number of benzene rings is 2. The van der Waals surface area contributed by atoms with Crippen molar-refractivity contribution in [3.05, 3.63) is 70.8 Å². The van der Waals surface area contributed by atoms with Gasteiger partial charge < -0.3 is 5.32 Å². The molecule has 0 amide bonds. The van der Waals surface area contributed by atoms with E-state index in [-0.39, 0.29) is 0 Å². The lowest BCUT2D eigenvalue weighted by Gasteiger charge is -2.30. The van der Waals surface area contributed by atoms with Crippen molar-refractivity contribution in [2.45, 2.75) is 38.6 Å².